The Balaban J connectivity index is 2.94. The lowest BCUT2D eigenvalue weighted by Gasteiger charge is -2.13. The average Bonchev–Trinajstić information content (AvgIpc) is 2.04. The second-order valence-electron chi connectivity index (χ2n) is 2.79. The Hall–Kier alpha value is -1.03. The van der Waals surface area contributed by atoms with Crippen LogP contribution in [0.1, 0.15) is 25.5 Å². The van der Waals surface area contributed by atoms with E-state index in [0.29, 0.717) is 0 Å². The zero-order valence-corrected chi connectivity index (χ0v) is 7.03. The SMILES string of the molecule is C[C@@H](O)[C@@H](C)c1ncncc1F. The molecule has 1 rings (SSSR count). The van der Waals surface area contributed by atoms with Crippen LogP contribution in [0.3, 0.4) is 0 Å². The normalized spacial score (nSPS) is 15.7. The molecule has 0 aliphatic heterocycles. The number of rotatable bonds is 2. The molecule has 1 aromatic heterocycles. The summed E-state index contributed by atoms with van der Waals surface area (Å²) < 4.78 is 13.0. The van der Waals surface area contributed by atoms with Gasteiger partial charge in [0, 0.05) is 5.92 Å². The van der Waals surface area contributed by atoms with Crippen molar-refractivity contribution in [3.63, 3.8) is 0 Å². The summed E-state index contributed by atoms with van der Waals surface area (Å²) in [7, 11) is 0. The first-order valence-electron chi connectivity index (χ1n) is 3.76. The lowest BCUT2D eigenvalue weighted by atomic mass is 10.0. The zero-order valence-electron chi connectivity index (χ0n) is 7.03. The third-order valence-corrected chi connectivity index (χ3v) is 1.85. The Morgan fingerprint density at radius 3 is 2.67 bits per heavy atom. The maximum Gasteiger partial charge on any atom is 0.163 e. The van der Waals surface area contributed by atoms with Gasteiger partial charge in [0.25, 0.3) is 0 Å². The van der Waals surface area contributed by atoms with Gasteiger partial charge in [-0.2, -0.15) is 0 Å². The molecule has 0 amide bonds. The highest BCUT2D eigenvalue weighted by atomic mass is 19.1. The fourth-order valence-corrected chi connectivity index (χ4v) is 0.886. The molecule has 0 saturated heterocycles. The Morgan fingerprint density at radius 2 is 2.17 bits per heavy atom. The molecule has 0 aliphatic carbocycles. The maximum absolute atomic E-state index is 13.0. The fourth-order valence-electron chi connectivity index (χ4n) is 0.886. The van der Waals surface area contributed by atoms with Crippen molar-refractivity contribution < 1.29 is 9.50 Å². The minimum absolute atomic E-state index is 0.264. The number of halogens is 1. The first-order chi connectivity index (χ1) is 5.63. The summed E-state index contributed by atoms with van der Waals surface area (Å²) in [6.07, 6.45) is 1.77. The second kappa shape index (κ2) is 3.58. The molecule has 4 heteroatoms. The Labute approximate surface area is 70.3 Å². The molecule has 3 nitrogen and oxygen atoms in total. The van der Waals surface area contributed by atoms with Crippen LogP contribution in [0, 0.1) is 5.82 Å². The molecule has 0 radical (unpaired) electrons. The highest BCUT2D eigenvalue weighted by Gasteiger charge is 2.16. The molecule has 1 aromatic rings. The molecule has 0 unspecified atom stereocenters. The summed E-state index contributed by atoms with van der Waals surface area (Å²) >= 11 is 0. The van der Waals surface area contributed by atoms with E-state index in [1.54, 1.807) is 13.8 Å². The van der Waals surface area contributed by atoms with Gasteiger partial charge in [-0.25, -0.2) is 14.4 Å². The summed E-state index contributed by atoms with van der Waals surface area (Å²) in [6, 6.07) is 0. The van der Waals surface area contributed by atoms with Crippen molar-refractivity contribution in [1.82, 2.24) is 9.97 Å². The zero-order chi connectivity index (χ0) is 9.14. The topological polar surface area (TPSA) is 46.0 Å². The van der Waals surface area contributed by atoms with Crippen LogP contribution in [0.5, 0.6) is 0 Å². The molecule has 1 heterocycles. The van der Waals surface area contributed by atoms with Crippen molar-refractivity contribution in [2.75, 3.05) is 0 Å². The summed E-state index contributed by atoms with van der Waals surface area (Å²) in [5.74, 6) is -0.765. The van der Waals surface area contributed by atoms with Crippen molar-refractivity contribution in [2.24, 2.45) is 0 Å². The molecule has 2 atom stereocenters. The highest BCUT2D eigenvalue weighted by molar-refractivity contribution is 5.08. The van der Waals surface area contributed by atoms with Gasteiger partial charge in [-0.3, -0.25) is 0 Å². The smallest absolute Gasteiger partial charge is 0.163 e. The van der Waals surface area contributed by atoms with E-state index >= 15 is 0 Å². The van der Waals surface area contributed by atoms with Crippen LogP contribution >= 0.6 is 0 Å². The van der Waals surface area contributed by atoms with E-state index in [1.165, 1.54) is 6.33 Å². The van der Waals surface area contributed by atoms with Crippen molar-refractivity contribution in [3.8, 4) is 0 Å². The van der Waals surface area contributed by atoms with E-state index in [9.17, 15) is 9.50 Å². The predicted molar refractivity (Wildman–Crippen MR) is 42.1 cm³/mol. The minimum atomic E-state index is -0.602. The summed E-state index contributed by atoms with van der Waals surface area (Å²) in [4.78, 5) is 7.27. The van der Waals surface area contributed by atoms with E-state index in [1.807, 2.05) is 0 Å². The van der Waals surface area contributed by atoms with Crippen molar-refractivity contribution in [2.45, 2.75) is 25.9 Å². The fraction of sp³-hybridized carbons (Fsp3) is 0.500. The van der Waals surface area contributed by atoms with E-state index in [-0.39, 0.29) is 11.6 Å². The number of hydrogen-bond acceptors (Lipinski definition) is 3. The first-order valence-corrected chi connectivity index (χ1v) is 3.76. The van der Waals surface area contributed by atoms with E-state index < -0.39 is 11.9 Å². The van der Waals surface area contributed by atoms with E-state index in [4.69, 9.17) is 0 Å². The van der Waals surface area contributed by atoms with E-state index in [2.05, 4.69) is 9.97 Å². The van der Waals surface area contributed by atoms with Crippen LogP contribution in [0.25, 0.3) is 0 Å². The number of aliphatic hydroxyl groups excluding tert-OH is 1. The Morgan fingerprint density at radius 1 is 1.50 bits per heavy atom. The molecule has 0 fully saturated rings. The maximum atomic E-state index is 13.0. The molecule has 0 bridgehead atoms. The molecule has 0 aromatic carbocycles. The van der Waals surface area contributed by atoms with Gasteiger partial charge in [-0.05, 0) is 6.92 Å². The van der Waals surface area contributed by atoms with Crippen molar-refractivity contribution in [3.05, 3.63) is 24.0 Å². The number of aromatic nitrogens is 2. The van der Waals surface area contributed by atoms with Gasteiger partial charge in [0.1, 0.15) is 6.33 Å². The minimum Gasteiger partial charge on any atom is -0.393 e. The lowest BCUT2D eigenvalue weighted by molar-refractivity contribution is 0.165. The first kappa shape index (κ1) is 9.06. The molecule has 0 saturated carbocycles. The predicted octanol–water partition coefficient (Wildman–Crippen LogP) is 1.10. The summed E-state index contributed by atoms with van der Waals surface area (Å²) in [5.41, 5.74) is 0.264. The standard InChI is InChI=1S/C8H11FN2O/c1-5(6(2)12)8-7(9)3-10-4-11-8/h3-6,12H,1-2H3/t5-,6-/m1/s1. The molecule has 0 aliphatic rings. The van der Waals surface area contributed by atoms with Gasteiger partial charge < -0.3 is 5.11 Å². The molecular formula is C8H11FN2O. The Kier molecular flexibility index (Phi) is 2.70. The molecule has 0 spiro atoms. The van der Waals surface area contributed by atoms with E-state index in [0.717, 1.165) is 6.20 Å². The van der Waals surface area contributed by atoms with Gasteiger partial charge in [-0.15, -0.1) is 0 Å². The van der Waals surface area contributed by atoms with Crippen LogP contribution < -0.4 is 0 Å². The van der Waals surface area contributed by atoms with Gasteiger partial charge >= 0.3 is 0 Å². The average molecular weight is 170 g/mol. The third-order valence-electron chi connectivity index (χ3n) is 1.85. The quantitative estimate of drug-likeness (QED) is 0.722. The van der Waals surface area contributed by atoms with Gasteiger partial charge in [-0.1, -0.05) is 6.92 Å². The van der Waals surface area contributed by atoms with Crippen LogP contribution in [0.15, 0.2) is 12.5 Å². The molecular weight excluding hydrogens is 159 g/mol. The van der Waals surface area contributed by atoms with Gasteiger partial charge in [0.2, 0.25) is 0 Å². The second-order valence-corrected chi connectivity index (χ2v) is 2.79. The third kappa shape index (κ3) is 1.76. The van der Waals surface area contributed by atoms with Crippen LogP contribution in [-0.2, 0) is 0 Å². The van der Waals surface area contributed by atoms with Crippen molar-refractivity contribution >= 4 is 0 Å². The van der Waals surface area contributed by atoms with Crippen LogP contribution in [0.2, 0.25) is 0 Å². The monoisotopic (exact) mass is 170 g/mol. The number of hydrogen-bond donors (Lipinski definition) is 1. The number of aliphatic hydroxyl groups is 1. The van der Waals surface area contributed by atoms with Gasteiger partial charge in [0.05, 0.1) is 18.0 Å². The number of nitrogens with zero attached hydrogens (tertiary/aromatic N) is 2. The molecule has 12 heavy (non-hydrogen) atoms. The molecule has 66 valence electrons. The summed E-state index contributed by atoms with van der Waals surface area (Å²) in [6.45, 7) is 3.32. The van der Waals surface area contributed by atoms with Crippen LogP contribution in [0.4, 0.5) is 4.39 Å². The van der Waals surface area contributed by atoms with Gasteiger partial charge in [0.15, 0.2) is 5.82 Å². The Bertz CT molecular complexity index is 265. The van der Waals surface area contributed by atoms with Crippen molar-refractivity contribution in [1.29, 1.82) is 0 Å². The van der Waals surface area contributed by atoms with Crippen LogP contribution in [-0.4, -0.2) is 21.2 Å². The highest BCUT2D eigenvalue weighted by Crippen LogP contribution is 2.18. The lowest BCUT2D eigenvalue weighted by Crippen LogP contribution is -2.14. The largest absolute Gasteiger partial charge is 0.393 e. The summed E-state index contributed by atoms with van der Waals surface area (Å²) in [5, 5.41) is 9.17. The molecule has 1 N–H and O–H groups in total.